The number of Topliss-reactive ketones (excluding diaryl/α,β-unsaturated/α-hetero) is 1. The normalized spacial score (nSPS) is 29.6. The average molecular weight is 956 g/mol. The highest BCUT2D eigenvalue weighted by Crippen LogP contribution is 2.71. The quantitative estimate of drug-likeness (QED) is 0.0890. The zero-order valence-corrected chi connectivity index (χ0v) is 38.3. The van der Waals surface area contributed by atoms with Crippen LogP contribution in [0.5, 0.6) is 0 Å². The molecule has 13 nitrogen and oxygen atoms in total. The number of fused-ring (bicyclic) bond motifs is 5. The Balaban J connectivity index is 0.000000227. The van der Waals surface area contributed by atoms with Crippen LogP contribution in [0, 0.1) is 38.7 Å². The number of nitrogens with zero attached hydrogens (tertiary/aromatic N) is 3. The van der Waals surface area contributed by atoms with Gasteiger partial charge in [0.25, 0.3) is 5.09 Å². The molecule has 4 aliphatic rings. The molecule has 3 fully saturated rings. The maximum atomic E-state index is 17.3. The van der Waals surface area contributed by atoms with Crippen LogP contribution in [0.25, 0.3) is 0 Å². The van der Waals surface area contributed by atoms with Crippen molar-refractivity contribution in [1.82, 2.24) is 9.55 Å². The van der Waals surface area contributed by atoms with E-state index in [1.807, 2.05) is 43.7 Å². The van der Waals surface area contributed by atoms with Gasteiger partial charge in [0.2, 0.25) is 5.78 Å². The summed E-state index contributed by atoms with van der Waals surface area (Å²) in [5, 5.41) is 37.3. The summed E-state index contributed by atoms with van der Waals surface area (Å²) in [4.78, 5) is 50.6. The highest BCUT2D eigenvalue weighted by Gasteiger charge is 2.77. The smallest absolute Gasteiger partial charge is 0.306 e. The number of esters is 1. The number of ether oxygens (including phenoxy) is 2. The van der Waals surface area contributed by atoms with Gasteiger partial charge < -0.3 is 29.5 Å². The molecule has 9 atom stereocenters. The number of hydrogen-bond donors (Lipinski definition) is 3. The molecule has 0 bridgehead atoms. The number of aliphatic hydroxyl groups is 2. The Hall–Kier alpha value is -3.89. The second-order valence-corrected chi connectivity index (χ2v) is 18.7. The first-order valence-electron chi connectivity index (χ1n) is 20.6. The molecule has 0 spiro atoms. The Bertz CT molecular complexity index is 2220. The van der Waals surface area contributed by atoms with Gasteiger partial charge in [0.05, 0.1) is 25.6 Å². The Morgan fingerprint density at radius 3 is 2.37 bits per heavy atom. The van der Waals surface area contributed by atoms with Crippen LogP contribution < -0.4 is 0 Å². The number of hydrogen-bond acceptors (Lipinski definition) is 10. The molecule has 63 heavy (non-hydrogen) atoms. The molecule has 7 rings (SSSR count). The number of allylic oxidation sites excluding steroid dienone is 4. The van der Waals surface area contributed by atoms with Crippen molar-refractivity contribution in [2.24, 2.45) is 28.6 Å². The summed E-state index contributed by atoms with van der Waals surface area (Å²) < 4.78 is 31.3. The van der Waals surface area contributed by atoms with E-state index < -0.39 is 63.5 Å². The van der Waals surface area contributed by atoms with E-state index in [0.717, 1.165) is 17.5 Å². The molecule has 3 N–H and O–H groups in total. The second-order valence-electron chi connectivity index (χ2n) is 17.0. The predicted molar refractivity (Wildman–Crippen MR) is 235 cm³/mol. The third-order valence-electron chi connectivity index (χ3n) is 13.4. The lowest BCUT2D eigenvalue weighted by molar-refractivity contribution is -0.742. The summed E-state index contributed by atoms with van der Waals surface area (Å²) in [5.41, 5.74) is -3.40. The third-order valence-corrected chi connectivity index (χ3v) is 14.6. The topological polar surface area (TPSA) is 191 Å². The van der Waals surface area contributed by atoms with Crippen molar-refractivity contribution in [3.05, 3.63) is 120 Å². The summed E-state index contributed by atoms with van der Waals surface area (Å²) in [7, 11) is 0. The summed E-state index contributed by atoms with van der Waals surface area (Å²) in [6, 6.07) is 10.7. The van der Waals surface area contributed by atoms with Crippen molar-refractivity contribution >= 4 is 63.9 Å². The number of ketones is 2. The van der Waals surface area contributed by atoms with Crippen LogP contribution in [0.2, 0.25) is 20.1 Å². The molecule has 1 heterocycles. The van der Waals surface area contributed by atoms with E-state index in [0.29, 0.717) is 64.5 Å². The van der Waals surface area contributed by atoms with Gasteiger partial charge in [0.15, 0.2) is 17.1 Å². The molecule has 342 valence electrons. The summed E-state index contributed by atoms with van der Waals surface area (Å²) in [6.07, 6.45) is 11.0. The van der Waals surface area contributed by atoms with E-state index in [1.54, 1.807) is 49.8 Å². The molecular formula is C45H52Cl4FN3O10. The zero-order chi connectivity index (χ0) is 46.5. The fourth-order valence-corrected chi connectivity index (χ4v) is 11.5. The molecule has 1 unspecified atom stereocenters. The molecule has 3 saturated carbocycles. The van der Waals surface area contributed by atoms with Crippen LogP contribution in [0.3, 0.4) is 0 Å². The maximum absolute atomic E-state index is 17.3. The minimum Gasteiger partial charge on any atom is -0.450 e. The number of benzene rings is 2. The largest absolute Gasteiger partial charge is 0.450 e. The Kier molecular flexibility index (Phi) is 16.3. The van der Waals surface area contributed by atoms with Gasteiger partial charge in [-0.1, -0.05) is 97.4 Å². The summed E-state index contributed by atoms with van der Waals surface area (Å²) >= 11 is 24.5. The first-order chi connectivity index (χ1) is 29.7. The molecule has 1 aromatic heterocycles. The van der Waals surface area contributed by atoms with Gasteiger partial charge in [0, 0.05) is 67.1 Å². The molecule has 0 amide bonds. The fourth-order valence-electron chi connectivity index (χ4n) is 10.5. The minimum absolute atomic E-state index is 0.0769. The maximum Gasteiger partial charge on any atom is 0.306 e. The SMILES string of the molecule is CCCCC(=O)O[C@]1(C(=O)CO)[C@@H](C)C[C@H]2[C@@H]3CCC4=CC(=O)C=C[C@]4(C)[C@@]3(F)[C@@H](O)C[C@@]21C.Clc1ccc(COC(Cn2ccnc2)c2ccc(Cl)cc2Cl)c(Cl)c1.O=[N+]([O-])O. The first kappa shape index (κ1) is 50.1. The molecular weight excluding hydrogens is 903 g/mol. The number of rotatable bonds is 12. The number of aliphatic hydroxyl groups excluding tert-OH is 2. The molecule has 0 aliphatic heterocycles. The van der Waals surface area contributed by atoms with E-state index >= 15 is 4.39 Å². The lowest BCUT2D eigenvalue weighted by atomic mass is 9.44. The summed E-state index contributed by atoms with van der Waals surface area (Å²) in [5.74, 6) is -2.62. The number of imidazole rings is 1. The van der Waals surface area contributed by atoms with Crippen molar-refractivity contribution in [3.63, 3.8) is 0 Å². The van der Waals surface area contributed by atoms with Crippen LogP contribution >= 0.6 is 46.4 Å². The van der Waals surface area contributed by atoms with Gasteiger partial charge in [0.1, 0.15) is 12.7 Å². The number of carbonyl (C=O) groups excluding carboxylic acids is 3. The predicted octanol–water partition coefficient (Wildman–Crippen LogP) is 9.74. The van der Waals surface area contributed by atoms with Gasteiger partial charge in [-0.05, 0) is 86.9 Å². The number of alkyl halides is 1. The van der Waals surface area contributed by atoms with E-state index in [4.69, 9.17) is 71.2 Å². The standard InChI is InChI=1S/C27H37FO6.C18H14Cl4N2O.HNO3/c1-5-6-7-23(33)34-27(22(32)15-29)16(2)12-20-19-9-8-17-13-18(30)10-11-24(17,3)26(19,28)21(31)14-25(20,27)4;19-13-2-1-12(16(21)7-13)10-25-18(9-24-6-5-23-11-24)15-4-3-14(20)8-17(15)22;2-1(3)4/h10-11,13,16,19-21,29,31H,5-9,12,14-15H2,1-4H3;1-8,11,18H,9-10H2;(H,2,3,4)/t16-,19-,20-,21-,24-,25-,26-,27-;;/m0../s1. The van der Waals surface area contributed by atoms with E-state index in [1.165, 1.54) is 12.2 Å². The number of unbranched alkanes of at least 4 members (excludes halogenated alkanes) is 1. The van der Waals surface area contributed by atoms with Gasteiger partial charge in [-0.3, -0.25) is 14.4 Å². The zero-order valence-electron chi connectivity index (χ0n) is 35.3. The van der Waals surface area contributed by atoms with E-state index in [-0.39, 0.29) is 30.6 Å². The minimum atomic E-state index is -2.03. The number of halogens is 5. The Morgan fingerprint density at radius 2 is 1.76 bits per heavy atom. The molecule has 0 saturated heterocycles. The first-order valence-corrected chi connectivity index (χ1v) is 22.2. The van der Waals surface area contributed by atoms with Crippen molar-refractivity contribution in [1.29, 1.82) is 0 Å². The van der Waals surface area contributed by atoms with Crippen molar-refractivity contribution in [2.75, 3.05) is 6.61 Å². The van der Waals surface area contributed by atoms with Gasteiger partial charge in [-0.25, -0.2) is 9.37 Å². The van der Waals surface area contributed by atoms with E-state index in [9.17, 15) is 24.6 Å². The highest BCUT2D eigenvalue weighted by molar-refractivity contribution is 6.35. The van der Waals surface area contributed by atoms with Crippen LogP contribution in [-0.4, -0.2) is 71.6 Å². The monoisotopic (exact) mass is 953 g/mol. The van der Waals surface area contributed by atoms with Crippen LogP contribution in [0.4, 0.5) is 4.39 Å². The van der Waals surface area contributed by atoms with Crippen molar-refractivity contribution < 1.29 is 48.8 Å². The van der Waals surface area contributed by atoms with Gasteiger partial charge in [-0.2, -0.15) is 0 Å². The second kappa shape index (κ2) is 20.5. The molecule has 2 aromatic carbocycles. The third kappa shape index (κ3) is 10.0. The Morgan fingerprint density at radius 1 is 1.10 bits per heavy atom. The lowest BCUT2D eigenvalue weighted by Gasteiger charge is -2.62. The van der Waals surface area contributed by atoms with Crippen LogP contribution in [0.15, 0.2) is 78.9 Å². The van der Waals surface area contributed by atoms with Crippen LogP contribution in [-0.2, 0) is 37.0 Å². The summed E-state index contributed by atoms with van der Waals surface area (Å²) in [6.45, 7) is 7.44. The van der Waals surface area contributed by atoms with Crippen molar-refractivity contribution in [2.45, 2.75) is 109 Å². The lowest BCUT2D eigenvalue weighted by Crippen LogP contribution is -2.70. The van der Waals surface area contributed by atoms with Crippen LogP contribution in [0.1, 0.15) is 89.9 Å². The number of aromatic nitrogens is 2. The fraction of sp³-hybridized carbons (Fsp3) is 0.511. The van der Waals surface area contributed by atoms with Gasteiger partial charge >= 0.3 is 5.97 Å². The molecule has 18 heteroatoms. The van der Waals surface area contributed by atoms with Gasteiger partial charge in [-0.15, -0.1) is 10.1 Å². The highest BCUT2D eigenvalue weighted by atomic mass is 35.5. The average Bonchev–Trinajstić information content (AvgIpc) is 3.81. The molecule has 3 aromatic rings. The van der Waals surface area contributed by atoms with Crippen molar-refractivity contribution in [3.8, 4) is 0 Å². The van der Waals surface area contributed by atoms with E-state index in [2.05, 4.69) is 4.98 Å². The Labute approximate surface area is 385 Å². The molecule has 0 radical (unpaired) electrons. The number of carbonyl (C=O) groups is 3. The molecule has 4 aliphatic carbocycles.